The normalized spacial score (nSPS) is 19.9. The van der Waals surface area contributed by atoms with Crippen molar-refractivity contribution in [2.75, 3.05) is 0 Å². The van der Waals surface area contributed by atoms with Crippen molar-refractivity contribution in [2.24, 2.45) is 17.3 Å². The van der Waals surface area contributed by atoms with Gasteiger partial charge in [-0.2, -0.15) is 13.2 Å². The zero-order valence-electron chi connectivity index (χ0n) is 16.1. The van der Waals surface area contributed by atoms with Crippen LogP contribution in [-0.4, -0.2) is 5.97 Å². The van der Waals surface area contributed by atoms with Gasteiger partial charge in [0.1, 0.15) is 12.4 Å². The Morgan fingerprint density at radius 3 is 2.33 bits per heavy atom. The van der Waals surface area contributed by atoms with Gasteiger partial charge in [0, 0.05) is 11.1 Å². The van der Waals surface area contributed by atoms with E-state index in [4.69, 9.17) is 4.74 Å². The van der Waals surface area contributed by atoms with Crippen LogP contribution in [0.2, 0.25) is 0 Å². The van der Waals surface area contributed by atoms with E-state index < -0.39 is 23.5 Å². The van der Waals surface area contributed by atoms with Crippen molar-refractivity contribution in [3.63, 3.8) is 0 Å². The van der Waals surface area contributed by atoms with Crippen molar-refractivity contribution in [2.45, 2.75) is 26.6 Å². The molecule has 1 aliphatic carbocycles. The molecule has 1 aliphatic rings. The molecule has 8 heteroatoms. The third-order valence-electron chi connectivity index (χ3n) is 5.44. The van der Waals surface area contributed by atoms with Gasteiger partial charge in [-0.1, -0.05) is 50.3 Å². The number of carbonyl (C=O) groups excluding carboxylic acids is 1. The Morgan fingerprint density at radius 1 is 1.13 bits per heavy atom. The summed E-state index contributed by atoms with van der Waals surface area (Å²) >= 11 is 6.58. The Labute approximate surface area is 188 Å². The number of halogens is 6. The summed E-state index contributed by atoms with van der Waals surface area (Å²) in [5.41, 5.74) is -0.447. The largest absolute Gasteiger partial charge is 0.460 e. The van der Waals surface area contributed by atoms with Crippen LogP contribution >= 0.6 is 31.9 Å². The first-order chi connectivity index (χ1) is 13.9. The van der Waals surface area contributed by atoms with E-state index in [-0.39, 0.29) is 35.0 Å². The Morgan fingerprint density at radius 2 is 1.77 bits per heavy atom. The minimum atomic E-state index is -4.46. The molecule has 0 heterocycles. The van der Waals surface area contributed by atoms with Crippen LogP contribution in [-0.2, 0) is 22.3 Å². The highest BCUT2D eigenvalue weighted by molar-refractivity contribution is 9.28. The lowest BCUT2D eigenvalue weighted by Crippen LogP contribution is -2.11. The maximum Gasteiger partial charge on any atom is 0.416 e. The molecule has 0 amide bonds. The molecule has 2 aromatic carbocycles. The molecular formula is C22H18Br2F4O2. The number of ether oxygens (including phenoxy) is 1. The average Bonchev–Trinajstić information content (AvgIpc) is 3.19. The minimum Gasteiger partial charge on any atom is -0.460 e. The van der Waals surface area contributed by atoms with Crippen LogP contribution in [0.15, 0.2) is 51.9 Å². The molecule has 1 saturated carbocycles. The summed E-state index contributed by atoms with van der Waals surface area (Å²) < 4.78 is 59.2. The van der Waals surface area contributed by atoms with E-state index in [0.717, 1.165) is 15.5 Å². The molecule has 2 atom stereocenters. The molecule has 0 spiro atoms. The first-order valence-corrected chi connectivity index (χ1v) is 10.7. The fraction of sp³-hybridized carbons (Fsp3) is 0.318. The average molecular weight is 550 g/mol. The van der Waals surface area contributed by atoms with Crippen molar-refractivity contribution in [3.05, 3.63) is 68.9 Å². The maximum atomic E-state index is 14.9. The van der Waals surface area contributed by atoms with Crippen LogP contribution in [0.1, 0.15) is 25.0 Å². The molecule has 0 N–H and O–H groups in total. The van der Waals surface area contributed by atoms with Gasteiger partial charge in [0.15, 0.2) is 0 Å². The molecular weight excluding hydrogens is 532 g/mol. The van der Waals surface area contributed by atoms with Crippen LogP contribution in [0.25, 0.3) is 11.1 Å². The van der Waals surface area contributed by atoms with E-state index in [2.05, 4.69) is 31.9 Å². The highest BCUT2D eigenvalue weighted by Crippen LogP contribution is 2.60. The standard InChI is InChI=1S/C22H18Br2F4O2/c1-21(2)16(10-17(23)24)18(21)20(29)30-11-13-4-3-5-15(19(13)25)12-6-8-14(9-7-12)22(26,27)28/h3-10,16,18H,11H2,1-2H3. The van der Waals surface area contributed by atoms with Gasteiger partial charge in [0.05, 0.1) is 14.9 Å². The molecule has 160 valence electrons. The van der Waals surface area contributed by atoms with Crippen LogP contribution in [0.5, 0.6) is 0 Å². The molecule has 0 aliphatic heterocycles. The van der Waals surface area contributed by atoms with Crippen molar-refractivity contribution in [1.82, 2.24) is 0 Å². The molecule has 30 heavy (non-hydrogen) atoms. The molecule has 0 saturated heterocycles. The molecule has 2 nitrogen and oxygen atoms in total. The lowest BCUT2D eigenvalue weighted by atomic mass is 10.0. The van der Waals surface area contributed by atoms with E-state index in [1.54, 1.807) is 6.07 Å². The van der Waals surface area contributed by atoms with Crippen molar-refractivity contribution in [1.29, 1.82) is 0 Å². The third kappa shape index (κ3) is 4.80. The number of carbonyl (C=O) groups is 1. The van der Waals surface area contributed by atoms with Crippen molar-refractivity contribution in [3.8, 4) is 11.1 Å². The molecule has 3 rings (SSSR count). The summed E-state index contributed by atoms with van der Waals surface area (Å²) in [6.45, 7) is 3.65. The molecule has 0 bridgehead atoms. The minimum absolute atomic E-state index is 0.00192. The SMILES string of the molecule is CC1(C)C(C=C(Br)Br)C1C(=O)OCc1cccc(-c2ccc(C(F)(F)F)cc2)c1F. The maximum absolute atomic E-state index is 14.9. The second-order valence-electron chi connectivity index (χ2n) is 7.74. The van der Waals surface area contributed by atoms with Gasteiger partial charge in [-0.15, -0.1) is 0 Å². The van der Waals surface area contributed by atoms with Crippen LogP contribution in [0, 0.1) is 23.1 Å². The number of alkyl halides is 3. The number of allylic oxidation sites excluding steroid dienone is 1. The predicted molar refractivity (Wildman–Crippen MR) is 113 cm³/mol. The second-order valence-corrected chi connectivity index (χ2v) is 10.5. The van der Waals surface area contributed by atoms with E-state index in [9.17, 15) is 22.4 Å². The fourth-order valence-electron chi connectivity index (χ4n) is 3.57. The smallest absolute Gasteiger partial charge is 0.416 e. The Balaban J connectivity index is 1.73. The number of hydrogen-bond acceptors (Lipinski definition) is 2. The Bertz CT molecular complexity index is 978. The second kappa shape index (κ2) is 8.46. The summed E-state index contributed by atoms with van der Waals surface area (Å²) in [4.78, 5) is 12.5. The van der Waals surface area contributed by atoms with Gasteiger partial charge in [0.25, 0.3) is 0 Å². The van der Waals surface area contributed by atoms with Crippen molar-refractivity contribution < 1.29 is 27.1 Å². The molecule has 2 aromatic rings. The molecule has 0 aromatic heterocycles. The lowest BCUT2D eigenvalue weighted by Gasteiger charge is -2.11. The Hall–Kier alpha value is -1.67. The Kier molecular flexibility index (Phi) is 6.49. The van der Waals surface area contributed by atoms with Gasteiger partial charge in [-0.25, -0.2) is 4.39 Å². The number of rotatable bonds is 5. The molecule has 0 radical (unpaired) electrons. The van der Waals surface area contributed by atoms with Gasteiger partial charge >= 0.3 is 12.1 Å². The van der Waals surface area contributed by atoms with Crippen LogP contribution in [0.3, 0.4) is 0 Å². The monoisotopic (exact) mass is 548 g/mol. The predicted octanol–water partition coefficient (Wildman–Crippen LogP) is 7.46. The summed E-state index contributed by atoms with van der Waals surface area (Å²) in [6, 6.07) is 8.80. The summed E-state index contributed by atoms with van der Waals surface area (Å²) in [5.74, 6) is -1.37. The zero-order valence-corrected chi connectivity index (χ0v) is 19.2. The highest BCUT2D eigenvalue weighted by atomic mass is 79.9. The highest BCUT2D eigenvalue weighted by Gasteiger charge is 2.61. The van der Waals surface area contributed by atoms with Gasteiger partial charge in [-0.3, -0.25) is 4.79 Å². The van der Waals surface area contributed by atoms with Gasteiger partial charge in [-0.05, 0) is 60.9 Å². The summed E-state index contributed by atoms with van der Waals surface area (Å²) in [5, 5.41) is 0. The molecule has 1 fully saturated rings. The number of esters is 1. The zero-order chi connectivity index (χ0) is 22.3. The van der Waals surface area contributed by atoms with Gasteiger partial charge in [0.2, 0.25) is 0 Å². The van der Waals surface area contributed by atoms with E-state index in [0.29, 0.717) is 5.56 Å². The first-order valence-electron chi connectivity index (χ1n) is 9.07. The van der Waals surface area contributed by atoms with Crippen LogP contribution < -0.4 is 0 Å². The third-order valence-corrected chi connectivity index (χ3v) is 5.97. The first kappa shape index (κ1) is 23.0. The number of benzene rings is 2. The fourth-order valence-corrected chi connectivity index (χ4v) is 4.14. The van der Waals surface area contributed by atoms with Crippen molar-refractivity contribution >= 4 is 37.8 Å². The van der Waals surface area contributed by atoms with Gasteiger partial charge < -0.3 is 4.74 Å². The lowest BCUT2D eigenvalue weighted by molar-refractivity contribution is -0.147. The van der Waals surface area contributed by atoms with E-state index in [1.165, 1.54) is 24.3 Å². The van der Waals surface area contributed by atoms with E-state index in [1.807, 2.05) is 19.9 Å². The summed E-state index contributed by atoms with van der Waals surface area (Å²) in [7, 11) is 0. The topological polar surface area (TPSA) is 26.3 Å². The quantitative estimate of drug-likeness (QED) is 0.286. The van der Waals surface area contributed by atoms with Crippen LogP contribution in [0.4, 0.5) is 17.6 Å². The number of hydrogen-bond donors (Lipinski definition) is 0. The summed E-state index contributed by atoms with van der Waals surface area (Å²) in [6.07, 6.45) is -2.57. The van der Waals surface area contributed by atoms with E-state index >= 15 is 0 Å². The molecule has 2 unspecified atom stereocenters.